The van der Waals surface area contributed by atoms with Crippen LogP contribution in [0, 0.1) is 0 Å². The molecule has 10 aromatic rings. The Morgan fingerprint density at radius 1 is 0.339 bits per heavy atom. The molecule has 0 aromatic heterocycles. The van der Waals surface area contributed by atoms with Crippen LogP contribution in [0.5, 0.6) is 0 Å². The molecule has 10 aromatic carbocycles. The number of benzene rings is 10. The molecule has 0 saturated heterocycles. The zero-order chi connectivity index (χ0) is 37.0. The van der Waals surface area contributed by atoms with Crippen molar-refractivity contribution in [3.05, 3.63) is 211 Å². The number of nitrogens with zero attached hydrogens (tertiary/aromatic N) is 2. The highest BCUT2D eigenvalue weighted by Gasteiger charge is 2.28. The van der Waals surface area contributed by atoms with Crippen molar-refractivity contribution in [3.8, 4) is 0 Å². The molecule has 0 heterocycles. The summed E-state index contributed by atoms with van der Waals surface area (Å²) in [4.78, 5) is 5.11. The molecule has 2 nitrogen and oxygen atoms in total. The van der Waals surface area contributed by atoms with Crippen molar-refractivity contribution < 1.29 is 0 Å². The first kappa shape index (κ1) is 32.3. The molecule has 0 bridgehead atoms. The van der Waals surface area contributed by atoms with Gasteiger partial charge in [0.25, 0.3) is 0 Å². The van der Waals surface area contributed by atoms with Gasteiger partial charge in [0.05, 0.1) is 17.4 Å². The predicted molar refractivity (Wildman–Crippen MR) is 240 cm³/mol. The highest BCUT2D eigenvalue weighted by molar-refractivity contribution is 6.23. The van der Waals surface area contributed by atoms with Gasteiger partial charge in [-0.3, -0.25) is 0 Å². The summed E-state index contributed by atoms with van der Waals surface area (Å²) in [5.74, 6) is 0. The standard InChI is InChI=1S/C54H38N2/c1-5-17-41-33-45(29-25-37(41)13-1)55(46-30-26-38-14-2-6-18-42(38)34-46)53-49-21-9-11-23-51(49)54(52-24-12-10-22-50(52)53)56(47-31-27-39-15-3-7-19-43(39)35-47)48-32-28-40-16-4-8-20-44(40)36-48/h1-31,33-36,48H,32H2. The van der Waals surface area contributed by atoms with Crippen LogP contribution in [0.25, 0.3) is 66.0 Å². The van der Waals surface area contributed by atoms with E-state index in [-0.39, 0.29) is 6.04 Å². The van der Waals surface area contributed by atoms with E-state index in [1.807, 2.05) is 0 Å². The van der Waals surface area contributed by atoms with Crippen LogP contribution in [0.1, 0.15) is 6.42 Å². The van der Waals surface area contributed by atoms with Gasteiger partial charge >= 0.3 is 0 Å². The monoisotopic (exact) mass is 714 g/mol. The second-order valence-corrected chi connectivity index (χ2v) is 14.9. The van der Waals surface area contributed by atoms with Gasteiger partial charge in [-0.25, -0.2) is 0 Å². The average Bonchev–Trinajstić information content (AvgIpc) is 3.27. The van der Waals surface area contributed by atoms with Gasteiger partial charge in [0.2, 0.25) is 0 Å². The van der Waals surface area contributed by atoms with E-state index in [1.165, 1.54) is 81.4 Å². The fraction of sp³-hybridized carbons (Fsp3) is 0.0370. The first-order valence-electron chi connectivity index (χ1n) is 19.5. The number of hydrogen-bond donors (Lipinski definition) is 0. The van der Waals surface area contributed by atoms with E-state index in [0.29, 0.717) is 0 Å². The minimum atomic E-state index is 0.0980. The highest BCUT2D eigenvalue weighted by atomic mass is 15.2. The summed E-state index contributed by atoms with van der Waals surface area (Å²) >= 11 is 0. The smallest absolute Gasteiger partial charge is 0.0619 e. The summed E-state index contributed by atoms with van der Waals surface area (Å²) in [6.07, 6.45) is 5.78. The summed E-state index contributed by atoms with van der Waals surface area (Å²) in [5.41, 5.74) is 5.83. The summed E-state index contributed by atoms with van der Waals surface area (Å²) in [5, 5.41) is 14.8. The Balaban J connectivity index is 1.23. The van der Waals surface area contributed by atoms with Crippen molar-refractivity contribution in [3.63, 3.8) is 0 Å². The topological polar surface area (TPSA) is 6.48 Å². The van der Waals surface area contributed by atoms with Crippen molar-refractivity contribution in [2.45, 2.75) is 12.5 Å². The molecule has 0 aliphatic heterocycles. The molecule has 0 N–H and O–H groups in total. The Morgan fingerprint density at radius 2 is 0.732 bits per heavy atom. The van der Waals surface area contributed by atoms with Gasteiger partial charge < -0.3 is 9.80 Å². The molecule has 1 aliphatic rings. The normalized spacial score (nSPS) is 13.8. The van der Waals surface area contributed by atoms with E-state index in [0.717, 1.165) is 17.8 Å². The predicted octanol–water partition coefficient (Wildman–Crippen LogP) is 13.1. The van der Waals surface area contributed by atoms with Gasteiger partial charge in [-0.1, -0.05) is 176 Å². The second kappa shape index (κ2) is 13.3. The molecule has 0 spiro atoms. The van der Waals surface area contributed by atoms with Crippen LogP contribution in [0.2, 0.25) is 0 Å². The second-order valence-electron chi connectivity index (χ2n) is 14.9. The summed E-state index contributed by atoms with van der Waals surface area (Å²) in [7, 11) is 0. The maximum atomic E-state index is 2.61. The third kappa shape index (κ3) is 5.41. The van der Waals surface area contributed by atoms with Crippen LogP contribution in [-0.2, 0) is 0 Å². The average molecular weight is 715 g/mol. The molecule has 2 heteroatoms. The van der Waals surface area contributed by atoms with Crippen LogP contribution in [0.15, 0.2) is 200 Å². The number of hydrogen-bond acceptors (Lipinski definition) is 2. The molecule has 11 rings (SSSR count). The Kier molecular flexibility index (Phi) is 7.67. The summed E-state index contributed by atoms with van der Waals surface area (Å²) < 4.78 is 0. The number of fused-ring (bicyclic) bond motifs is 6. The molecule has 0 amide bonds. The molecular formula is C54H38N2. The minimum absolute atomic E-state index is 0.0980. The van der Waals surface area contributed by atoms with Gasteiger partial charge in [-0.2, -0.15) is 0 Å². The lowest BCUT2D eigenvalue weighted by Crippen LogP contribution is -2.38. The molecule has 264 valence electrons. The van der Waals surface area contributed by atoms with Crippen molar-refractivity contribution in [2.75, 3.05) is 9.80 Å². The summed E-state index contributed by atoms with van der Waals surface area (Å²) in [6.45, 7) is 0. The Hall–Kier alpha value is -7.16. The van der Waals surface area contributed by atoms with Gasteiger partial charge in [0, 0.05) is 38.6 Å². The van der Waals surface area contributed by atoms with Crippen molar-refractivity contribution in [1.82, 2.24) is 0 Å². The van der Waals surface area contributed by atoms with Crippen LogP contribution < -0.4 is 20.2 Å². The van der Waals surface area contributed by atoms with E-state index >= 15 is 0 Å². The Labute approximate surface area is 326 Å². The van der Waals surface area contributed by atoms with Crippen molar-refractivity contribution in [1.29, 1.82) is 0 Å². The van der Waals surface area contributed by atoms with E-state index in [2.05, 4.69) is 222 Å². The van der Waals surface area contributed by atoms with E-state index in [9.17, 15) is 0 Å². The zero-order valence-electron chi connectivity index (χ0n) is 30.9. The molecule has 1 unspecified atom stereocenters. The minimum Gasteiger partial charge on any atom is -0.333 e. The molecule has 56 heavy (non-hydrogen) atoms. The van der Waals surface area contributed by atoms with Crippen molar-refractivity contribution in [2.24, 2.45) is 0 Å². The third-order valence-corrected chi connectivity index (χ3v) is 11.6. The molecule has 0 radical (unpaired) electrons. The first-order valence-corrected chi connectivity index (χ1v) is 19.5. The van der Waals surface area contributed by atoms with Crippen LogP contribution in [0.3, 0.4) is 0 Å². The van der Waals surface area contributed by atoms with Crippen LogP contribution >= 0.6 is 0 Å². The molecule has 1 atom stereocenters. The summed E-state index contributed by atoms with van der Waals surface area (Å²) in [6, 6.07) is 73.7. The van der Waals surface area contributed by atoms with Crippen molar-refractivity contribution >= 4 is 94.5 Å². The SMILES string of the molecule is C1=c2ccccc2=CC(N(c2ccc3ccccc3c2)c2c3ccccc3c(N(c3ccc4ccccc4c3)c3ccc4ccccc4c3)c3ccccc23)C1. The number of rotatable bonds is 6. The van der Waals surface area contributed by atoms with E-state index in [4.69, 9.17) is 0 Å². The fourth-order valence-electron chi connectivity index (χ4n) is 8.99. The fourth-order valence-corrected chi connectivity index (χ4v) is 8.99. The Morgan fingerprint density at radius 3 is 1.25 bits per heavy atom. The molecule has 0 fully saturated rings. The van der Waals surface area contributed by atoms with Gasteiger partial charge in [-0.05, 0) is 85.6 Å². The Bertz CT molecular complexity index is 3130. The lowest BCUT2D eigenvalue weighted by molar-refractivity contribution is 0.843. The molecular weight excluding hydrogens is 677 g/mol. The zero-order valence-corrected chi connectivity index (χ0v) is 30.9. The molecule has 0 saturated carbocycles. The highest BCUT2D eigenvalue weighted by Crippen LogP contribution is 2.50. The van der Waals surface area contributed by atoms with E-state index < -0.39 is 0 Å². The first-order chi connectivity index (χ1) is 27.8. The lowest BCUT2D eigenvalue weighted by Gasteiger charge is -2.36. The van der Waals surface area contributed by atoms with Crippen LogP contribution in [-0.4, -0.2) is 6.04 Å². The quantitative estimate of drug-likeness (QED) is 0.125. The maximum Gasteiger partial charge on any atom is 0.0619 e. The van der Waals surface area contributed by atoms with E-state index in [1.54, 1.807) is 0 Å². The number of anilines is 5. The van der Waals surface area contributed by atoms with Gasteiger partial charge in [-0.15, -0.1) is 0 Å². The third-order valence-electron chi connectivity index (χ3n) is 11.6. The largest absolute Gasteiger partial charge is 0.333 e. The lowest BCUT2D eigenvalue weighted by atomic mass is 9.93. The molecule has 1 aliphatic carbocycles. The van der Waals surface area contributed by atoms with Gasteiger partial charge in [0.1, 0.15) is 0 Å². The van der Waals surface area contributed by atoms with Gasteiger partial charge in [0.15, 0.2) is 0 Å². The van der Waals surface area contributed by atoms with Crippen LogP contribution in [0.4, 0.5) is 28.4 Å². The maximum absolute atomic E-state index is 2.61.